The van der Waals surface area contributed by atoms with Gasteiger partial charge in [0.1, 0.15) is 11.9 Å². The van der Waals surface area contributed by atoms with Crippen molar-refractivity contribution in [2.75, 3.05) is 12.4 Å². The molecule has 0 aliphatic carbocycles. The lowest BCUT2D eigenvalue weighted by Gasteiger charge is -2.39. The van der Waals surface area contributed by atoms with Crippen LogP contribution in [0, 0.1) is 12.7 Å². The van der Waals surface area contributed by atoms with Crippen molar-refractivity contribution in [3.8, 4) is 10.4 Å². The van der Waals surface area contributed by atoms with Crippen molar-refractivity contribution in [2.45, 2.75) is 25.4 Å². The Labute approximate surface area is 195 Å². The zero-order valence-corrected chi connectivity index (χ0v) is 20.2. The smallest absolute Gasteiger partial charge is 0.242 e. The van der Waals surface area contributed by atoms with Crippen LogP contribution in [0.4, 0.5) is 10.1 Å². The van der Waals surface area contributed by atoms with Crippen molar-refractivity contribution in [1.82, 2.24) is 18.8 Å². The largest absolute Gasteiger partial charge is 0.325 e. The molecule has 0 bridgehead atoms. The van der Waals surface area contributed by atoms with Crippen molar-refractivity contribution in [3.05, 3.63) is 57.9 Å². The molecule has 4 rings (SSSR count). The predicted octanol–water partition coefficient (Wildman–Crippen LogP) is 3.77. The summed E-state index contributed by atoms with van der Waals surface area (Å²) in [5, 5.41) is 6.95. The van der Waals surface area contributed by atoms with Gasteiger partial charge in [-0.15, -0.1) is 11.3 Å². The molecular formula is C21H23ClFN5O2S2. The van der Waals surface area contributed by atoms with Crippen LogP contribution in [-0.2, 0) is 21.7 Å². The molecule has 3 unspecified atom stereocenters. The Morgan fingerprint density at radius 1 is 1.38 bits per heavy atom. The number of halogens is 2. The molecule has 2 aromatic heterocycles. The van der Waals surface area contributed by atoms with E-state index in [1.165, 1.54) is 22.5 Å². The number of amides is 1. The normalized spacial score (nSPS) is 23.9. The molecule has 2 N–H and O–H groups in total. The summed E-state index contributed by atoms with van der Waals surface area (Å²) >= 11 is 7.38. The van der Waals surface area contributed by atoms with Crippen molar-refractivity contribution in [2.24, 2.45) is 7.05 Å². The lowest BCUT2D eigenvalue weighted by molar-refractivity contribution is -0.120. The molecule has 1 aromatic carbocycles. The number of carbonyl (C=O) groups is 1. The van der Waals surface area contributed by atoms with E-state index in [2.05, 4.69) is 21.0 Å². The Morgan fingerprint density at radius 3 is 2.78 bits per heavy atom. The summed E-state index contributed by atoms with van der Waals surface area (Å²) in [6.07, 6.45) is 2.21. The highest BCUT2D eigenvalue weighted by atomic mass is 35.5. The van der Waals surface area contributed by atoms with Gasteiger partial charge in [0.2, 0.25) is 5.91 Å². The highest BCUT2D eigenvalue weighted by Crippen LogP contribution is 2.37. The maximum absolute atomic E-state index is 13.4. The fraction of sp³-hybridized carbons (Fsp3) is 0.286. The lowest BCUT2D eigenvalue weighted by Crippen LogP contribution is -2.55. The quantitative estimate of drug-likeness (QED) is 0.541. The average Bonchev–Trinajstić information content (AvgIpc) is 3.34. The average molecular weight is 496 g/mol. The number of aryl methyl sites for hydroxylation is 1. The maximum Gasteiger partial charge on any atom is 0.242 e. The molecule has 1 saturated heterocycles. The van der Waals surface area contributed by atoms with Gasteiger partial charge in [-0.05, 0) is 49.5 Å². The minimum absolute atomic E-state index is 0.0860. The zero-order chi connectivity index (χ0) is 23.2. The van der Waals surface area contributed by atoms with Crippen molar-refractivity contribution >= 4 is 50.3 Å². The minimum atomic E-state index is -2.89. The number of aromatic nitrogens is 2. The molecule has 0 radical (unpaired) electrons. The first kappa shape index (κ1) is 22.9. The number of nitrogens with one attached hydrogen (secondary N) is 2. The van der Waals surface area contributed by atoms with Crippen LogP contribution in [0.1, 0.15) is 23.0 Å². The lowest BCUT2D eigenvalue weighted by atomic mass is 10.1. The Kier molecular flexibility index (Phi) is 6.17. The number of nitrogens with zero attached hydrogens (tertiary/aromatic N) is 3. The molecular weight excluding hydrogens is 473 g/mol. The summed E-state index contributed by atoms with van der Waals surface area (Å²) in [4.78, 5) is 15.0. The number of rotatable bonds is 4. The fourth-order valence-corrected chi connectivity index (χ4v) is 6.42. The monoisotopic (exact) mass is 495 g/mol. The molecule has 32 heavy (non-hydrogen) atoms. The number of hydrogen-bond donors (Lipinski definition) is 2. The van der Waals surface area contributed by atoms with E-state index in [1.807, 2.05) is 37.0 Å². The van der Waals surface area contributed by atoms with E-state index in [4.69, 9.17) is 11.6 Å². The maximum atomic E-state index is 13.4. The summed E-state index contributed by atoms with van der Waals surface area (Å²) in [5.41, 5.74) is 2.45. The van der Waals surface area contributed by atoms with E-state index >= 15 is 0 Å². The third-order valence-electron chi connectivity index (χ3n) is 5.65. The first-order chi connectivity index (χ1) is 15.1. The van der Waals surface area contributed by atoms with Crippen molar-refractivity contribution < 1.29 is 13.4 Å². The van der Waals surface area contributed by atoms with Crippen LogP contribution in [0.25, 0.3) is 10.4 Å². The first-order valence-corrected chi connectivity index (χ1v) is 12.7. The van der Waals surface area contributed by atoms with Crippen LogP contribution in [-0.4, -0.2) is 43.2 Å². The molecule has 3 heterocycles. The molecule has 1 amide bonds. The molecule has 1 aliphatic heterocycles. The number of carbonyl (C=O) groups excluding carboxylic acids is 1. The minimum Gasteiger partial charge on any atom is -0.325 e. The second kappa shape index (κ2) is 8.60. The van der Waals surface area contributed by atoms with Gasteiger partial charge < -0.3 is 5.32 Å². The van der Waals surface area contributed by atoms with Gasteiger partial charge in [0.25, 0.3) is 0 Å². The highest BCUT2D eigenvalue weighted by Gasteiger charge is 2.38. The second-order valence-electron chi connectivity index (χ2n) is 7.70. The molecule has 0 spiro atoms. The third kappa shape index (κ3) is 4.33. The van der Waals surface area contributed by atoms with Gasteiger partial charge in [0, 0.05) is 40.8 Å². The molecule has 3 aromatic rings. The van der Waals surface area contributed by atoms with Gasteiger partial charge in [-0.1, -0.05) is 11.6 Å². The molecule has 1 aliphatic rings. The summed E-state index contributed by atoms with van der Waals surface area (Å²) in [5.74, 6) is 2.89. The van der Waals surface area contributed by atoms with Gasteiger partial charge in [-0.25, -0.2) is 17.6 Å². The highest BCUT2D eigenvalue weighted by molar-refractivity contribution is 7.96. The van der Waals surface area contributed by atoms with E-state index in [1.54, 1.807) is 18.4 Å². The van der Waals surface area contributed by atoms with E-state index in [0.29, 0.717) is 12.1 Å². The summed E-state index contributed by atoms with van der Waals surface area (Å²) in [7, 11) is 0.594. The zero-order valence-electron chi connectivity index (χ0n) is 17.8. The summed E-state index contributed by atoms with van der Waals surface area (Å²) in [6.45, 7) is 2.00. The van der Waals surface area contributed by atoms with E-state index in [0.717, 1.165) is 21.0 Å². The molecule has 7 nitrogen and oxygen atoms in total. The SMILES string of the molecule is C=S1(=O)NC(c2ccc(-c3cnn(C)c3C)s2)CC(C(=O)Nc2ccc(F)c(Cl)c2)N1C. The second-order valence-corrected chi connectivity index (χ2v) is 11.3. The number of thiophene rings is 1. The van der Waals surface area contributed by atoms with E-state index in [9.17, 15) is 13.4 Å². The van der Waals surface area contributed by atoms with Gasteiger partial charge >= 0.3 is 0 Å². The number of anilines is 1. The standard InChI is InChI=1S/C21H23ClFN5O2S2/c1-12-14(11-24-27(12)2)19-7-8-20(31-19)17-10-18(28(3)32(4,30)26-17)21(29)25-13-5-6-16(23)15(22)9-13/h5-9,11,17-18H,4,10H2,1-3H3,(H,25,29)(H,26,30). The number of hydrogen-bond acceptors (Lipinski definition) is 4. The third-order valence-corrected chi connectivity index (χ3v) is 9.01. The summed E-state index contributed by atoms with van der Waals surface area (Å²) < 4.78 is 32.9. The van der Waals surface area contributed by atoms with Gasteiger partial charge in [0.15, 0.2) is 0 Å². The van der Waals surface area contributed by atoms with Crippen molar-refractivity contribution in [1.29, 1.82) is 0 Å². The van der Waals surface area contributed by atoms with Crippen LogP contribution < -0.4 is 10.0 Å². The molecule has 0 saturated carbocycles. The first-order valence-electron chi connectivity index (χ1n) is 9.79. The Balaban J connectivity index is 1.58. The van der Waals surface area contributed by atoms with E-state index < -0.39 is 21.8 Å². The van der Waals surface area contributed by atoms with E-state index in [-0.39, 0.29) is 17.0 Å². The van der Waals surface area contributed by atoms with Crippen molar-refractivity contribution in [3.63, 3.8) is 0 Å². The molecule has 170 valence electrons. The summed E-state index contributed by atoms with van der Waals surface area (Å²) in [6, 6.07) is 6.91. The Bertz CT molecular complexity index is 1290. The molecule has 11 heteroatoms. The van der Waals surface area contributed by atoms with Gasteiger partial charge in [-0.2, -0.15) is 5.10 Å². The van der Waals surface area contributed by atoms with Crippen LogP contribution >= 0.6 is 22.9 Å². The Hall–Kier alpha value is -2.24. The van der Waals surface area contributed by atoms with Crippen LogP contribution in [0.15, 0.2) is 36.5 Å². The number of benzene rings is 1. The van der Waals surface area contributed by atoms with Crippen LogP contribution in [0.3, 0.4) is 0 Å². The molecule has 1 fully saturated rings. The van der Waals surface area contributed by atoms with Crippen LogP contribution in [0.5, 0.6) is 0 Å². The number of likely N-dealkylation sites (N-methyl/N-ethyl adjacent to an activating group) is 1. The molecule has 3 atom stereocenters. The Morgan fingerprint density at radius 2 is 2.12 bits per heavy atom. The predicted molar refractivity (Wildman–Crippen MR) is 129 cm³/mol. The topological polar surface area (TPSA) is 79.3 Å². The van der Waals surface area contributed by atoms with Crippen LogP contribution in [0.2, 0.25) is 5.02 Å². The van der Waals surface area contributed by atoms with Gasteiger partial charge in [-0.3, -0.25) is 9.48 Å². The van der Waals surface area contributed by atoms with Gasteiger partial charge in [0.05, 0.1) is 27.2 Å². The fourth-order valence-electron chi connectivity index (χ4n) is 3.60.